The van der Waals surface area contributed by atoms with E-state index in [1.165, 1.54) is 30.2 Å². The Morgan fingerprint density at radius 1 is 1.29 bits per heavy atom. The van der Waals surface area contributed by atoms with Crippen LogP contribution in [-0.4, -0.2) is 50.2 Å². The SMILES string of the molecule is Cn1cnn(CC(=O)N2CCNC(=O)C2CC2CCCCC2)c1=O. The fourth-order valence-electron chi connectivity index (χ4n) is 3.73. The molecule has 0 spiro atoms. The first-order valence-corrected chi connectivity index (χ1v) is 8.72. The van der Waals surface area contributed by atoms with Gasteiger partial charge in [0.25, 0.3) is 0 Å². The van der Waals surface area contributed by atoms with Gasteiger partial charge in [-0.3, -0.25) is 14.2 Å². The summed E-state index contributed by atoms with van der Waals surface area (Å²) in [4.78, 5) is 38.5. The Kier molecular flexibility index (Phi) is 5.01. The number of nitrogens with one attached hydrogen (secondary N) is 1. The van der Waals surface area contributed by atoms with E-state index >= 15 is 0 Å². The molecule has 2 amide bonds. The standard InChI is InChI=1S/C16H25N5O3/c1-19-11-18-21(16(19)24)10-14(22)20-8-7-17-15(23)13(20)9-12-5-3-2-4-6-12/h11-13H,2-10H2,1H3,(H,17,23). The van der Waals surface area contributed by atoms with Crippen molar-refractivity contribution in [2.24, 2.45) is 13.0 Å². The van der Waals surface area contributed by atoms with E-state index < -0.39 is 6.04 Å². The lowest BCUT2D eigenvalue weighted by Gasteiger charge is -2.37. The maximum atomic E-state index is 12.7. The summed E-state index contributed by atoms with van der Waals surface area (Å²) < 4.78 is 2.47. The van der Waals surface area contributed by atoms with E-state index in [1.54, 1.807) is 11.9 Å². The van der Waals surface area contributed by atoms with E-state index in [9.17, 15) is 14.4 Å². The van der Waals surface area contributed by atoms with E-state index in [0.717, 1.165) is 17.5 Å². The highest BCUT2D eigenvalue weighted by Gasteiger charge is 2.35. The van der Waals surface area contributed by atoms with Crippen LogP contribution < -0.4 is 11.0 Å². The molecule has 132 valence electrons. The minimum absolute atomic E-state index is 0.0754. The summed E-state index contributed by atoms with van der Waals surface area (Å²) in [6, 6.07) is -0.422. The summed E-state index contributed by atoms with van der Waals surface area (Å²) in [7, 11) is 1.59. The number of carbonyl (C=O) groups is 2. The van der Waals surface area contributed by atoms with Crippen molar-refractivity contribution in [3.63, 3.8) is 0 Å². The van der Waals surface area contributed by atoms with Gasteiger partial charge >= 0.3 is 5.69 Å². The van der Waals surface area contributed by atoms with E-state index in [-0.39, 0.29) is 24.0 Å². The fraction of sp³-hybridized carbons (Fsp3) is 0.750. The first kappa shape index (κ1) is 16.7. The molecule has 24 heavy (non-hydrogen) atoms. The van der Waals surface area contributed by atoms with Crippen molar-refractivity contribution in [2.45, 2.75) is 51.1 Å². The molecule has 0 radical (unpaired) electrons. The van der Waals surface area contributed by atoms with E-state index in [0.29, 0.717) is 25.4 Å². The zero-order valence-electron chi connectivity index (χ0n) is 14.1. The molecule has 2 fully saturated rings. The number of rotatable bonds is 4. The van der Waals surface area contributed by atoms with Crippen molar-refractivity contribution in [2.75, 3.05) is 13.1 Å². The molecule has 1 aromatic rings. The minimum Gasteiger partial charge on any atom is -0.353 e. The smallest absolute Gasteiger partial charge is 0.345 e. The molecule has 3 rings (SSSR count). The lowest BCUT2D eigenvalue weighted by molar-refractivity contribution is -0.144. The predicted molar refractivity (Wildman–Crippen MR) is 87.2 cm³/mol. The van der Waals surface area contributed by atoms with Gasteiger partial charge < -0.3 is 10.2 Å². The molecule has 1 aliphatic heterocycles. The molecule has 1 unspecified atom stereocenters. The van der Waals surface area contributed by atoms with Gasteiger partial charge in [-0.25, -0.2) is 9.48 Å². The quantitative estimate of drug-likeness (QED) is 0.831. The average molecular weight is 335 g/mol. The second-order valence-electron chi connectivity index (χ2n) is 6.82. The van der Waals surface area contributed by atoms with Crippen LogP contribution in [0.3, 0.4) is 0 Å². The highest BCUT2D eigenvalue weighted by molar-refractivity contribution is 5.88. The van der Waals surface area contributed by atoms with Crippen molar-refractivity contribution >= 4 is 11.8 Å². The van der Waals surface area contributed by atoms with Crippen LogP contribution in [0.5, 0.6) is 0 Å². The van der Waals surface area contributed by atoms with Crippen LogP contribution in [0.1, 0.15) is 38.5 Å². The third-order valence-corrected chi connectivity index (χ3v) is 5.10. The summed E-state index contributed by atoms with van der Waals surface area (Å²) in [6.45, 7) is 0.834. The molecule has 0 bridgehead atoms. The summed E-state index contributed by atoms with van der Waals surface area (Å²) in [5.74, 6) is 0.209. The molecule has 1 saturated heterocycles. The molecule has 0 aromatic carbocycles. The summed E-state index contributed by atoms with van der Waals surface area (Å²) in [6.07, 6.45) is 8.04. The van der Waals surface area contributed by atoms with Gasteiger partial charge in [0.05, 0.1) is 0 Å². The summed E-state index contributed by atoms with van der Waals surface area (Å²) >= 11 is 0. The third kappa shape index (κ3) is 3.52. The van der Waals surface area contributed by atoms with E-state index in [4.69, 9.17) is 0 Å². The van der Waals surface area contributed by atoms with Gasteiger partial charge in [0.15, 0.2) is 0 Å². The monoisotopic (exact) mass is 335 g/mol. The highest BCUT2D eigenvalue weighted by Crippen LogP contribution is 2.29. The maximum Gasteiger partial charge on any atom is 0.345 e. The van der Waals surface area contributed by atoms with Crippen LogP contribution in [0.4, 0.5) is 0 Å². The van der Waals surface area contributed by atoms with Crippen LogP contribution in [0, 0.1) is 5.92 Å². The first-order valence-electron chi connectivity index (χ1n) is 8.72. The van der Waals surface area contributed by atoms with Gasteiger partial charge in [-0.2, -0.15) is 5.10 Å². The number of carbonyl (C=O) groups excluding carboxylic acids is 2. The molecule has 2 aliphatic rings. The zero-order valence-corrected chi connectivity index (χ0v) is 14.1. The minimum atomic E-state index is -0.422. The van der Waals surface area contributed by atoms with Crippen LogP contribution in [0.25, 0.3) is 0 Å². The van der Waals surface area contributed by atoms with Gasteiger partial charge in [-0.05, 0) is 12.3 Å². The van der Waals surface area contributed by atoms with Crippen LogP contribution >= 0.6 is 0 Å². The van der Waals surface area contributed by atoms with Crippen molar-refractivity contribution in [1.29, 1.82) is 0 Å². The van der Waals surface area contributed by atoms with Crippen LogP contribution in [0.2, 0.25) is 0 Å². The molecule has 2 heterocycles. The lowest BCUT2D eigenvalue weighted by atomic mass is 9.84. The topological polar surface area (TPSA) is 89.2 Å². The molecular weight excluding hydrogens is 310 g/mol. The molecule has 1 atom stereocenters. The Hall–Kier alpha value is -2.12. The maximum absolute atomic E-state index is 12.7. The highest BCUT2D eigenvalue weighted by atomic mass is 16.2. The normalized spacial score (nSPS) is 22.5. The van der Waals surface area contributed by atoms with Gasteiger partial charge in [-0.15, -0.1) is 0 Å². The fourth-order valence-corrected chi connectivity index (χ4v) is 3.73. The Balaban J connectivity index is 1.70. The predicted octanol–water partition coefficient (Wildman–Crippen LogP) is -0.121. The van der Waals surface area contributed by atoms with Crippen molar-refractivity contribution in [3.05, 3.63) is 16.8 Å². The second kappa shape index (κ2) is 7.19. The van der Waals surface area contributed by atoms with E-state index in [1.807, 2.05) is 0 Å². The molecule has 1 aromatic heterocycles. The summed E-state index contributed by atoms with van der Waals surface area (Å²) in [5, 5.41) is 6.79. The van der Waals surface area contributed by atoms with E-state index in [2.05, 4.69) is 10.4 Å². The third-order valence-electron chi connectivity index (χ3n) is 5.10. The van der Waals surface area contributed by atoms with Crippen molar-refractivity contribution in [3.8, 4) is 0 Å². The van der Waals surface area contributed by atoms with Crippen molar-refractivity contribution in [1.82, 2.24) is 24.6 Å². The Labute approximate surface area is 140 Å². The lowest BCUT2D eigenvalue weighted by Crippen LogP contribution is -2.58. The zero-order chi connectivity index (χ0) is 17.1. The average Bonchev–Trinajstić information content (AvgIpc) is 2.89. The molecule has 1 saturated carbocycles. The number of nitrogens with zero attached hydrogens (tertiary/aromatic N) is 4. The number of piperazine rings is 1. The number of amides is 2. The van der Waals surface area contributed by atoms with Crippen LogP contribution in [-0.2, 0) is 23.2 Å². The Morgan fingerprint density at radius 2 is 2.04 bits per heavy atom. The Bertz CT molecular complexity index is 659. The van der Waals surface area contributed by atoms with Gasteiger partial charge in [0.1, 0.15) is 18.9 Å². The van der Waals surface area contributed by atoms with Gasteiger partial charge in [0, 0.05) is 20.1 Å². The number of aromatic nitrogens is 3. The van der Waals surface area contributed by atoms with Gasteiger partial charge in [0.2, 0.25) is 11.8 Å². The molecule has 8 nitrogen and oxygen atoms in total. The molecule has 1 aliphatic carbocycles. The largest absolute Gasteiger partial charge is 0.353 e. The van der Waals surface area contributed by atoms with Gasteiger partial charge in [-0.1, -0.05) is 32.1 Å². The second-order valence-corrected chi connectivity index (χ2v) is 6.82. The first-order chi connectivity index (χ1) is 11.6. The number of aryl methyl sites for hydroxylation is 1. The summed E-state index contributed by atoms with van der Waals surface area (Å²) in [5.41, 5.74) is -0.325. The van der Waals surface area contributed by atoms with Crippen LogP contribution in [0.15, 0.2) is 11.1 Å². The van der Waals surface area contributed by atoms with Crippen molar-refractivity contribution < 1.29 is 9.59 Å². The molecule has 8 heteroatoms. The number of hydrogen-bond donors (Lipinski definition) is 1. The Morgan fingerprint density at radius 3 is 2.71 bits per heavy atom. The molecular formula is C16H25N5O3. The number of hydrogen-bond acceptors (Lipinski definition) is 4. The molecule has 1 N–H and O–H groups in total.